The Labute approximate surface area is 250 Å². The number of aliphatic hydroxyl groups is 2. The van der Waals surface area contributed by atoms with Crippen molar-refractivity contribution in [3.8, 4) is 0 Å². The zero-order chi connectivity index (χ0) is 29.8. The van der Waals surface area contributed by atoms with Crippen molar-refractivity contribution in [3.63, 3.8) is 0 Å². The topological polar surface area (TPSA) is 77.4 Å². The van der Waals surface area contributed by atoms with Crippen LogP contribution in [0.25, 0.3) is 0 Å². The molecule has 6 nitrogen and oxygen atoms in total. The molecule has 0 aliphatic rings. The van der Waals surface area contributed by atoms with E-state index in [2.05, 4.69) is 27.7 Å². The number of hydrogen-bond donors (Lipinski definition) is 2. The quantitative estimate of drug-likeness (QED) is 0.0781. The maximum atomic E-state index is 9.68. The van der Waals surface area contributed by atoms with E-state index in [-0.39, 0.29) is 0 Å². The molecule has 0 fully saturated rings. The lowest BCUT2D eigenvalue weighted by atomic mass is 10.2. The molecule has 0 bridgehead atoms. The van der Waals surface area contributed by atoms with Crippen LogP contribution in [0, 0.1) is 0 Å². The molecule has 0 saturated heterocycles. The van der Waals surface area contributed by atoms with Crippen LogP contribution in [-0.2, 0) is 18.9 Å². The van der Waals surface area contributed by atoms with Gasteiger partial charge in [-0.3, -0.25) is 0 Å². The minimum Gasteiger partial charge on any atom is -0.388 e. The molecule has 0 aliphatic heterocycles. The van der Waals surface area contributed by atoms with E-state index in [0.29, 0.717) is 26.4 Å². The molecule has 0 heterocycles. The van der Waals surface area contributed by atoms with Crippen molar-refractivity contribution >= 4 is 0 Å². The van der Waals surface area contributed by atoms with Gasteiger partial charge in [-0.2, -0.15) is 0 Å². The zero-order valence-electron chi connectivity index (χ0n) is 27.5. The molecule has 6 heteroatoms. The number of rotatable bonds is 32. The van der Waals surface area contributed by atoms with Crippen LogP contribution in [0.4, 0.5) is 0 Å². The lowest BCUT2D eigenvalue weighted by Gasteiger charge is -2.12. The monoisotopic (exact) mass is 577 g/mol. The highest BCUT2D eigenvalue weighted by atomic mass is 16.5. The van der Waals surface area contributed by atoms with Gasteiger partial charge >= 0.3 is 0 Å². The lowest BCUT2D eigenvalue weighted by molar-refractivity contribution is -0.0201. The smallest absolute Gasteiger partial charge is 0.101 e. The van der Waals surface area contributed by atoms with Gasteiger partial charge in [-0.15, -0.1) is 0 Å². The first-order valence-corrected chi connectivity index (χ1v) is 17.3. The summed E-state index contributed by atoms with van der Waals surface area (Å²) < 4.78 is 21.8. The van der Waals surface area contributed by atoms with E-state index in [0.717, 1.165) is 52.1 Å². The summed E-state index contributed by atoms with van der Waals surface area (Å²) in [7, 11) is 0. The molecule has 0 atom stereocenters. The Morgan fingerprint density at radius 3 is 0.725 bits per heavy atom. The highest BCUT2D eigenvalue weighted by molar-refractivity contribution is 4.53. The minimum atomic E-state index is -0.471. The third-order valence-electron chi connectivity index (χ3n) is 6.81. The van der Waals surface area contributed by atoms with Crippen molar-refractivity contribution in [1.82, 2.24) is 0 Å². The summed E-state index contributed by atoms with van der Waals surface area (Å²) in [5.74, 6) is 0. The maximum absolute atomic E-state index is 9.68. The first kappa shape index (κ1) is 41.9. The third kappa shape index (κ3) is 39.9. The van der Waals surface area contributed by atoms with Crippen molar-refractivity contribution in [2.24, 2.45) is 0 Å². The van der Waals surface area contributed by atoms with Crippen molar-refractivity contribution in [2.75, 3.05) is 52.9 Å². The Balaban J connectivity index is 0. The molecule has 244 valence electrons. The van der Waals surface area contributed by atoms with Crippen molar-refractivity contribution in [2.45, 2.75) is 168 Å². The summed E-state index contributed by atoms with van der Waals surface area (Å²) in [5, 5.41) is 19.4. The molecular formula is C34H72O6. The third-order valence-corrected chi connectivity index (χ3v) is 6.81. The van der Waals surface area contributed by atoms with Crippen LogP contribution in [0.15, 0.2) is 0 Å². The van der Waals surface area contributed by atoms with Gasteiger partial charge in [-0.1, -0.05) is 130 Å². The summed E-state index contributed by atoms with van der Waals surface area (Å²) in [5.41, 5.74) is 0. The van der Waals surface area contributed by atoms with E-state index in [1.165, 1.54) is 103 Å². The second-order valence-corrected chi connectivity index (χ2v) is 11.3. The Hall–Kier alpha value is -0.240. The van der Waals surface area contributed by atoms with Crippen LogP contribution >= 0.6 is 0 Å². The van der Waals surface area contributed by atoms with Crippen LogP contribution in [0.3, 0.4) is 0 Å². The van der Waals surface area contributed by atoms with Gasteiger partial charge in [0.2, 0.25) is 0 Å². The Morgan fingerprint density at radius 1 is 0.325 bits per heavy atom. The fourth-order valence-electron chi connectivity index (χ4n) is 4.20. The summed E-state index contributed by atoms with van der Waals surface area (Å²) >= 11 is 0. The number of hydrogen-bond acceptors (Lipinski definition) is 6. The number of unbranched alkanes of at least 4 members (excludes halogenated alkanes) is 16. The second-order valence-electron chi connectivity index (χ2n) is 11.3. The first-order valence-electron chi connectivity index (χ1n) is 17.3. The van der Waals surface area contributed by atoms with Gasteiger partial charge in [0.25, 0.3) is 0 Å². The largest absolute Gasteiger partial charge is 0.388 e. The van der Waals surface area contributed by atoms with E-state index in [1.807, 2.05) is 0 Å². The number of aliphatic hydroxyl groups excluding tert-OH is 2. The summed E-state index contributed by atoms with van der Waals surface area (Å²) in [4.78, 5) is 0. The molecule has 0 rings (SSSR count). The van der Waals surface area contributed by atoms with Gasteiger partial charge in [-0.05, 0) is 25.7 Å². The summed E-state index contributed by atoms with van der Waals surface area (Å²) in [6.45, 7) is 13.5. The molecular weight excluding hydrogens is 504 g/mol. The average Bonchev–Trinajstić information content (AvgIpc) is 2.95. The molecule has 0 amide bonds. The molecule has 0 radical (unpaired) electrons. The molecule has 2 N–H and O–H groups in total. The standard InChI is InChI=1S/2C17H36O3/c2*1-3-5-7-9-11-13-19-15-17(18)16-20-14-12-10-8-6-4-2/h2*17-18H,3-16H2,1-2H3. The second kappa shape index (κ2) is 38.8. The van der Waals surface area contributed by atoms with Gasteiger partial charge in [-0.25, -0.2) is 0 Å². The normalized spacial score (nSPS) is 11.4. The van der Waals surface area contributed by atoms with Crippen LogP contribution < -0.4 is 0 Å². The molecule has 0 spiro atoms. The van der Waals surface area contributed by atoms with E-state index in [4.69, 9.17) is 18.9 Å². The van der Waals surface area contributed by atoms with Crippen LogP contribution in [-0.4, -0.2) is 75.3 Å². The van der Waals surface area contributed by atoms with Crippen molar-refractivity contribution in [1.29, 1.82) is 0 Å². The maximum Gasteiger partial charge on any atom is 0.101 e. The Bertz CT molecular complexity index is 349. The Morgan fingerprint density at radius 2 is 0.525 bits per heavy atom. The van der Waals surface area contributed by atoms with E-state index < -0.39 is 12.2 Å². The fourth-order valence-corrected chi connectivity index (χ4v) is 4.20. The van der Waals surface area contributed by atoms with Gasteiger partial charge in [0.1, 0.15) is 12.2 Å². The van der Waals surface area contributed by atoms with Gasteiger partial charge < -0.3 is 29.2 Å². The van der Waals surface area contributed by atoms with Crippen LogP contribution in [0.2, 0.25) is 0 Å². The predicted molar refractivity (Wildman–Crippen MR) is 170 cm³/mol. The molecule has 0 aromatic heterocycles. The van der Waals surface area contributed by atoms with Gasteiger partial charge in [0.15, 0.2) is 0 Å². The Kier molecular flexibility index (Phi) is 40.6. The SMILES string of the molecule is CCCCCCCOCC(O)COCCCCCCC.CCCCCCCOCC(O)COCCCCCCC. The molecule has 0 aliphatic carbocycles. The molecule has 40 heavy (non-hydrogen) atoms. The van der Waals surface area contributed by atoms with Crippen molar-refractivity contribution in [3.05, 3.63) is 0 Å². The van der Waals surface area contributed by atoms with Crippen molar-refractivity contribution < 1.29 is 29.2 Å². The van der Waals surface area contributed by atoms with E-state index in [9.17, 15) is 10.2 Å². The minimum absolute atomic E-state index is 0.406. The van der Waals surface area contributed by atoms with Crippen LogP contribution in [0.5, 0.6) is 0 Å². The van der Waals surface area contributed by atoms with Gasteiger partial charge in [0, 0.05) is 26.4 Å². The summed E-state index contributed by atoms with van der Waals surface area (Å²) in [6, 6.07) is 0. The lowest BCUT2D eigenvalue weighted by Crippen LogP contribution is -2.22. The zero-order valence-corrected chi connectivity index (χ0v) is 27.5. The van der Waals surface area contributed by atoms with Crippen LogP contribution in [0.1, 0.15) is 156 Å². The predicted octanol–water partition coefficient (Wildman–Crippen LogP) is 8.64. The fraction of sp³-hybridized carbons (Fsp3) is 1.00. The molecule has 0 unspecified atom stereocenters. The van der Waals surface area contributed by atoms with E-state index in [1.54, 1.807) is 0 Å². The summed E-state index contributed by atoms with van der Waals surface area (Å²) in [6.07, 6.45) is 23.9. The molecule has 0 aromatic carbocycles. The number of ether oxygens (including phenoxy) is 4. The first-order chi connectivity index (χ1) is 19.6. The average molecular weight is 577 g/mol. The van der Waals surface area contributed by atoms with Gasteiger partial charge in [0.05, 0.1) is 26.4 Å². The highest BCUT2D eigenvalue weighted by Gasteiger charge is 2.05. The van der Waals surface area contributed by atoms with E-state index >= 15 is 0 Å². The molecule has 0 saturated carbocycles. The highest BCUT2D eigenvalue weighted by Crippen LogP contribution is 2.05. The molecule has 0 aromatic rings.